The lowest BCUT2D eigenvalue weighted by atomic mass is 10.1. The SMILES string of the molecule is Cc1cc(C)c([N+](=O)[O-])cc1C#N. The molecule has 1 rings (SSSR count). The third kappa shape index (κ3) is 1.64. The van der Waals surface area contributed by atoms with Gasteiger partial charge in [-0.05, 0) is 25.5 Å². The molecule has 0 atom stereocenters. The summed E-state index contributed by atoms with van der Waals surface area (Å²) in [7, 11) is 0. The quantitative estimate of drug-likeness (QED) is 0.486. The lowest BCUT2D eigenvalue weighted by molar-refractivity contribution is -0.385. The van der Waals surface area contributed by atoms with Crippen LogP contribution in [0.25, 0.3) is 0 Å². The third-order valence-corrected chi connectivity index (χ3v) is 1.86. The van der Waals surface area contributed by atoms with Gasteiger partial charge in [-0.25, -0.2) is 0 Å². The Morgan fingerprint density at radius 1 is 1.38 bits per heavy atom. The molecule has 0 N–H and O–H groups in total. The summed E-state index contributed by atoms with van der Waals surface area (Å²) >= 11 is 0. The van der Waals surface area contributed by atoms with Crippen molar-refractivity contribution in [2.24, 2.45) is 0 Å². The zero-order valence-electron chi connectivity index (χ0n) is 7.37. The van der Waals surface area contributed by atoms with Crippen LogP contribution in [0.1, 0.15) is 16.7 Å². The largest absolute Gasteiger partial charge is 0.273 e. The second-order valence-electron chi connectivity index (χ2n) is 2.82. The maximum Gasteiger partial charge on any atom is 0.273 e. The van der Waals surface area contributed by atoms with Crippen LogP contribution in [0.2, 0.25) is 0 Å². The fourth-order valence-corrected chi connectivity index (χ4v) is 1.16. The van der Waals surface area contributed by atoms with Gasteiger partial charge in [0, 0.05) is 11.6 Å². The minimum atomic E-state index is -0.477. The highest BCUT2D eigenvalue weighted by molar-refractivity contribution is 5.50. The molecule has 66 valence electrons. The van der Waals surface area contributed by atoms with Crippen molar-refractivity contribution in [3.05, 3.63) is 38.9 Å². The molecule has 0 bridgehead atoms. The van der Waals surface area contributed by atoms with Crippen molar-refractivity contribution in [3.8, 4) is 6.07 Å². The highest BCUT2D eigenvalue weighted by Crippen LogP contribution is 2.21. The monoisotopic (exact) mass is 176 g/mol. The maximum atomic E-state index is 10.5. The number of hydrogen-bond donors (Lipinski definition) is 0. The molecule has 0 aliphatic heterocycles. The van der Waals surface area contributed by atoms with Crippen LogP contribution in [0.4, 0.5) is 5.69 Å². The van der Waals surface area contributed by atoms with Crippen molar-refractivity contribution >= 4 is 5.69 Å². The van der Waals surface area contributed by atoms with Gasteiger partial charge in [-0.1, -0.05) is 0 Å². The van der Waals surface area contributed by atoms with Crippen molar-refractivity contribution in [2.45, 2.75) is 13.8 Å². The Kier molecular flexibility index (Phi) is 2.29. The van der Waals surface area contributed by atoms with Crippen molar-refractivity contribution < 1.29 is 4.92 Å². The molecule has 0 aliphatic carbocycles. The summed E-state index contributed by atoms with van der Waals surface area (Å²) in [6.07, 6.45) is 0. The van der Waals surface area contributed by atoms with Crippen LogP contribution in [-0.2, 0) is 0 Å². The predicted molar refractivity (Wildman–Crippen MR) is 47.3 cm³/mol. The minimum Gasteiger partial charge on any atom is -0.258 e. The van der Waals surface area contributed by atoms with Crippen LogP contribution in [-0.4, -0.2) is 4.92 Å². The standard InChI is InChI=1S/C9H8N2O2/c1-6-3-7(2)9(11(12)13)4-8(6)5-10/h3-4H,1-2H3. The molecule has 0 saturated carbocycles. The smallest absolute Gasteiger partial charge is 0.258 e. The van der Waals surface area contributed by atoms with Crippen molar-refractivity contribution in [1.82, 2.24) is 0 Å². The topological polar surface area (TPSA) is 66.9 Å². The van der Waals surface area contributed by atoms with Crippen LogP contribution < -0.4 is 0 Å². The molecule has 0 aromatic heterocycles. The summed E-state index contributed by atoms with van der Waals surface area (Å²) in [5.41, 5.74) is 1.71. The Hall–Kier alpha value is -1.89. The van der Waals surface area contributed by atoms with Crippen molar-refractivity contribution in [1.29, 1.82) is 5.26 Å². The van der Waals surface area contributed by atoms with Gasteiger partial charge in [0.2, 0.25) is 0 Å². The number of nitrogens with zero attached hydrogens (tertiary/aromatic N) is 2. The molecule has 0 heterocycles. The molecule has 0 aliphatic rings. The predicted octanol–water partition coefficient (Wildman–Crippen LogP) is 2.08. The number of nitriles is 1. The Balaban J connectivity index is 3.41. The molecular weight excluding hydrogens is 168 g/mol. The van der Waals surface area contributed by atoms with E-state index in [1.807, 2.05) is 6.07 Å². The van der Waals surface area contributed by atoms with E-state index in [1.165, 1.54) is 6.07 Å². The van der Waals surface area contributed by atoms with Crippen molar-refractivity contribution in [3.63, 3.8) is 0 Å². The fourth-order valence-electron chi connectivity index (χ4n) is 1.16. The first kappa shape index (κ1) is 9.20. The van der Waals surface area contributed by atoms with E-state index in [0.717, 1.165) is 5.56 Å². The highest BCUT2D eigenvalue weighted by Gasteiger charge is 2.12. The number of aryl methyl sites for hydroxylation is 2. The van der Waals surface area contributed by atoms with Crippen molar-refractivity contribution in [2.75, 3.05) is 0 Å². The Morgan fingerprint density at radius 2 is 2.00 bits per heavy atom. The minimum absolute atomic E-state index is 0.00199. The van der Waals surface area contributed by atoms with Crippen LogP contribution in [0.15, 0.2) is 12.1 Å². The fraction of sp³-hybridized carbons (Fsp3) is 0.222. The summed E-state index contributed by atoms with van der Waals surface area (Å²) in [5.74, 6) is 0. The van der Waals surface area contributed by atoms with E-state index in [2.05, 4.69) is 0 Å². The molecule has 0 unspecified atom stereocenters. The van der Waals surface area contributed by atoms with E-state index in [4.69, 9.17) is 5.26 Å². The van der Waals surface area contributed by atoms with Crippen LogP contribution in [0.5, 0.6) is 0 Å². The van der Waals surface area contributed by atoms with Gasteiger partial charge in [0.1, 0.15) is 0 Å². The second-order valence-corrected chi connectivity index (χ2v) is 2.82. The molecule has 0 saturated heterocycles. The summed E-state index contributed by atoms with van der Waals surface area (Å²) in [5, 5.41) is 19.1. The molecule has 0 amide bonds. The molecule has 1 aromatic rings. The summed E-state index contributed by atoms with van der Waals surface area (Å²) in [6.45, 7) is 3.42. The lowest BCUT2D eigenvalue weighted by Crippen LogP contribution is -1.94. The number of nitro groups is 1. The molecule has 4 nitrogen and oxygen atoms in total. The zero-order valence-corrected chi connectivity index (χ0v) is 7.37. The Morgan fingerprint density at radius 3 is 2.46 bits per heavy atom. The number of rotatable bonds is 1. The third-order valence-electron chi connectivity index (χ3n) is 1.86. The van der Waals surface area contributed by atoms with Gasteiger partial charge in [-0.15, -0.1) is 0 Å². The molecule has 1 aromatic carbocycles. The summed E-state index contributed by atoms with van der Waals surface area (Å²) in [4.78, 5) is 10.0. The first-order valence-corrected chi connectivity index (χ1v) is 3.72. The summed E-state index contributed by atoms with van der Waals surface area (Å²) in [6, 6.07) is 4.87. The van der Waals surface area contributed by atoms with Crippen LogP contribution in [0.3, 0.4) is 0 Å². The molecular formula is C9H8N2O2. The first-order valence-electron chi connectivity index (χ1n) is 3.72. The van der Waals surface area contributed by atoms with Gasteiger partial charge in [0.05, 0.1) is 16.6 Å². The van der Waals surface area contributed by atoms with Gasteiger partial charge in [0.15, 0.2) is 0 Å². The first-order chi connectivity index (χ1) is 6.06. The number of benzene rings is 1. The van der Waals surface area contributed by atoms with Crippen LogP contribution >= 0.6 is 0 Å². The van der Waals surface area contributed by atoms with E-state index < -0.39 is 4.92 Å². The second kappa shape index (κ2) is 3.23. The van der Waals surface area contributed by atoms with E-state index >= 15 is 0 Å². The van der Waals surface area contributed by atoms with Gasteiger partial charge >= 0.3 is 0 Å². The molecule has 0 radical (unpaired) electrons. The number of hydrogen-bond acceptors (Lipinski definition) is 3. The molecule has 13 heavy (non-hydrogen) atoms. The molecule has 4 heteroatoms. The Labute approximate surface area is 75.6 Å². The average Bonchev–Trinajstić information content (AvgIpc) is 2.03. The molecule has 0 spiro atoms. The lowest BCUT2D eigenvalue weighted by Gasteiger charge is -2.00. The zero-order chi connectivity index (χ0) is 10.0. The van der Waals surface area contributed by atoms with Gasteiger partial charge in [0.25, 0.3) is 5.69 Å². The normalized spacial score (nSPS) is 9.31. The maximum absolute atomic E-state index is 10.5. The van der Waals surface area contributed by atoms with Gasteiger partial charge in [-0.3, -0.25) is 10.1 Å². The Bertz CT molecular complexity index is 405. The average molecular weight is 176 g/mol. The van der Waals surface area contributed by atoms with E-state index in [1.54, 1.807) is 19.9 Å². The van der Waals surface area contributed by atoms with Gasteiger partial charge < -0.3 is 0 Å². The van der Waals surface area contributed by atoms with E-state index in [-0.39, 0.29) is 5.69 Å². The van der Waals surface area contributed by atoms with E-state index in [0.29, 0.717) is 11.1 Å². The van der Waals surface area contributed by atoms with Gasteiger partial charge in [-0.2, -0.15) is 5.26 Å². The highest BCUT2D eigenvalue weighted by atomic mass is 16.6. The summed E-state index contributed by atoms with van der Waals surface area (Å²) < 4.78 is 0. The van der Waals surface area contributed by atoms with E-state index in [9.17, 15) is 10.1 Å². The molecule has 0 fully saturated rings. The van der Waals surface area contributed by atoms with Crippen LogP contribution in [0, 0.1) is 35.3 Å². The number of nitro benzene ring substituents is 1.